The Balaban J connectivity index is 1.42. The number of anilines is 3. The number of rotatable bonds is 6. The molecule has 0 bridgehead atoms. The molecule has 10 nitrogen and oxygen atoms in total. The highest BCUT2D eigenvalue weighted by Crippen LogP contribution is 2.66. The van der Waals surface area contributed by atoms with Crippen LogP contribution >= 0.6 is 11.6 Å². The first-order valence-electron chi connectivity index (χ1n) is 15.4. The summed E-state index contributed by atoms with van der Waals surface area (Å²) in [6, 6.07) is 3.22. The van der Waals surface area contributed by atoms with Crippen LogP contribution in [0.4, 0.5) is 43.8 Å². The number of nitrogen functional groups attached to an aromatic ring is 2. The van der Waals surface area contributed by atoms with Crippen LogP contribution in [0.3, 0.4) is 0 Å². The molecule has 3 aromatic heterocycles. The maximum Gasteiger partial charge on any atom is 0.418 e. The molecule has 1 aliphatic carbocycles. The van der Waals surface area contributed by atoms with Gasteiger partial charge >= 0.3 is 12.2 Å². The third kappa shape index (κ3) is 5.39. The topological polar surface area (TPSA) is 129 Å². The second-order valence-electron chi connectivity index (χ2n) is 12.9. The average molecular weight is 709 g/mol. The zero-order valence-corrected chi connectivity index (χ0v) is 27.3. The molecule has 17 heteroatoms. The Morgan fingerprint density at radius 1 is 1.20 bits per heavy atom. The number of pyridine rings is 2. The molecule has 260 valence electrons. The van der Waals surface area contributed by atoms with E-state index in [9.17, 15) is 22.0 Å². The summed E-state index contributed by atoms with van der Waals surface area (Å²) in [5.74, 6) is -4.11. The van der Waals surface area contributed by atoms with Gasteiger partial charge in [0.1, 0.15) is 36.2 Å². The number of hydrogen-bond acceptors (Lipinski definition) is 10. The van der Waals surface area contributed by atoms with E-state index in [1.54, 1.807) is 29.0 Å². The number of benzene rings is 1. The van der Waals surface area contributed by atoms with Crippen LogP contribution in [0.25, 0.3) is 22.2 Å². The first kappa shape index (κ1) is 33.2. The summed E-state index contributed by atoms with van der Waals surface area (Å²) in [5, 5.41) is -0.501. The van der Waals surface area contributed by atoms with E-state index in [2.05, 4.69) is 19.9 Å². The Morgan fingerprint density at radius 2 is 1.94 bits per heavy atom. The number of nitrogens with zero attached hydrogens (tertiary/aromatic N) is 6. The van der Waals surface area contributed by atoms with Gasteiger partial charge in [-0.25, -0.2) is 23.1 Å². The fraction of sp³-hybridized carbons (Fsp3) is 0.438. The number of halogens is 7. The number of nitrogens with two attached hydrogens (primary N) is 2. The van der Waals surface area contributed by atoms with Crippen molar-refractivity contribution in [3.8, 4) is 23.0 Å². The fourth-order valence-electron chi connectivity index (χ4n) is 7.18. The second kappa shape index (κ2) is 11.4. The van der Waals surface area contributed by atoms with Crippen molar-refractivity contribution in [2.75, 3.05) is 49.7 Å². The third-order valence-corrected chi connectivity index (χ3v) is 10.1. The van der Waals surface area contributed by atoms with Gasteiger partial charge in [0.15, 0.2) is 11.6 Å². The normalized spacial score (nSPS) is 22.3. The van der Waals surface area contributed by atoms with Crippen molar-refractivity contribution >= 4 is 40.0 Å². The molecule has 0 unspecified atom stereocenters. The number of ether oxygens (including phenoxy) is 2. The number of likely N-dealkylation sites (tertiary alicyclic amines) is 1. The van der Waals surface area contributed by atoms with Crippen LogP contribution in [-0.4, -0.2) is 70.2 Å². The number of likely N-dealkylation sites (N-methyl/N-ethyl adjacent to an activating group) is 1. The molecule has 3 atom stereocenters. The van der Waals surface area contributed by atoms with Gasteiger partial charge in [0.25, 0.3) is 5.92 Å². The minimum Gasteiger partial charge on any atom is -0.489 e. The number of hydrogen-bond donors (Lipinski definition) is 2. The summed E-state index contributed by atoms with van der Waals surface area (Å²) >= 11 is 6.75. The maximum absolute atomic E-state index is 16.9. The molecule has 4 N–H and O–H groups in total. The summed E-state index contributed by atoms with van der Waals surface area (Å²) < 4.78 is 101. The maximum atomic E-state index is 16.9. The molecule has 49 heavy (non-hydrogen) atoms. The Kier molecular flexibility index (Phi) is 7.70. The van der Waals surface area contributed by atoms with Crippen molar-refractivity contribution in [1.29, 1.82) is 0 Å². The van der Waals surface area contributed by atoms with Crippen molar-refractivity contribution in [2.45, 2.75) is 50.9 Å². The Hall–Kier alpha value is -4.31. The number of alkyl halides is 5. The van der Waals surface area contributed by atoms with Gasteiger partial charge in [-0.2, -0.15) is 23.1 Å². The molecule has 7 rings (SSSR count). The van der Waals surface area contributed by atoms with Crippen LogP contribution in [0.15, 0.2) is 24.4 Å². The minimum absolute atomic E-state index is 0.0193. The highest BCUT2D eigenvalue weighted by atomic mass is 35.5. The largest absolute Gasteiger partial charge is 0.489 e. The molecule has 1 saturated heterocycles. The predicted octanol–water partition coefficient (Wildman–Crippen LogP) is 6.44. The van der Waals surface area contributed by atoms with Gasteiger partial charge in [0.05, 0.1) is 45.2 Å². The monoisotopic (exact) mass is 708 g/mol. The lowest BCUT2D eigenvalue weighted by Gasteiger charge is -2.30. The van der Waals surface area contributed by atoms with E-state index < -0.39 is 62.8 Å². The van der Waals surface area contributed by atoms with Crippen molar-refractivity contribution in [3.05, 3.63) is 51.9 Å². The van der Waals surface area contributed by atoms with Gasteiger partial charge < -0.3 is 25.8 Å². The summed E-state index contributed by atoms with van der Waals surface area (Å²) in [4.78, 5) is 20.5. The van der Waals surface area contributed by atoms with Gasteiger partial charge in [-0.1, -0.05) is 17.7 Å². The molecule has 2 fully saturated rings. The predicted molar refractivity (Wildman–Crippen MR) is 170 cm³/mol. The van der Waals surface area contributed by atoms with E-state index in [4.69, 9.17) is 32.5 Å². The average Bonchev–Trinajstić information content (AvgIpc) is 3.47. The molecular formula is C32H31ClF6N8O2. The highest BCUT2D eigenvalue weighted by molar-refractivity contribution is 6.36. The Labute approximate surface area is 281 Å². The summed E-state index contributed by atoms with van der Waals surface area (Å²) in [6.07, 6.45) is -3.46. The minimum atomic E-state index is -4.95. The quantitative estimate of drug-likeness (QED) is 0.216. The Morgan fingerprint density at radius 3 is 2.59 bits per heavy atom. The molecule has 0 amide bonds. The zero-order valence-electron chi connectivity index (χ0n) is 26.5. The first-order valence-corrected chi connectivity index (χ1v) is 15.8. The van der Waals surface area contributed by atoms with E-state index in [1.165, 1.54) is 13.1 Å². The van der Waals surface area contributed by atoms with E-state index >= 15 is 4.39 Å². The first-order chi connectivity index (χ1) is 23.0. The molecule has 1 aromatic carbocycles. The standard InChI is InChI=1S/C32H31ClF6N8O2/c1-14-9-18(40)43-24(21(14)32(37,38)39)19-22(33)26-20-25(23(19)34)44-29(49-11-16-10-30(13-46(16)3)12-31(30,35)36)45-28(20)47(7-8-48-26)15(2)17-5-4-6-42-27(17)41/h4-6,9,15-16H,7-8,10-13H2,1-3H3,(H2,40,43)(H2,41,42)/t15-,16+,30-/m1/s1. The molecule has 0 radical (unpaired) electrons. The lowest BCUT2D eigenvalue weighted by Crippen LogP contribution is -2.32. The van der Waals surface area contributed by atoms with Crippen molar-refractivity contribution in [3.63, 3.8) is 0 Å². The number of aryl methyl sites for hydroxylation is 1. The van der Waals surface area contributed by atoms with Crippen LogP contribution in [-0.2, 0) is 6.18 Å². The van der Waals surface area contributed by atoms with Gasteiger partial charge in [0.2, 0.25) is 0 Å². The Bertz CT molecular complexity index is 2000. The molecule has 2 aliphatic heterocycles. The molecule has 3 aliphatic rings. The SMILES string of the molecule is Cc1cc(N)nc(-c2c(Cl)c3c4c(nc(OC[C@@H]5C[C@]6(CN5C)CC6(F)F)nc4c2F)N([C@H](C)c2cccnc2N)CCO3)c1C(F)(F)F. The van der Waals surface area contributed by atoms with Gasteiger partial charge in [-0.05, 0) is 45.0 Å². The van der Waals surface area contributed by atoms with E-state index in [0.717, 1.165) is 6.07 Å². The summed E-state index contributed by atoms with van der Waals surface area (Å²) in [6.45, 7) is 3.17. The third-order valence-electron chi connectivity index (χ3n) is 9.76. The van der Waals surface area contributed by atoms with Crippen LogP contribution in [0.5, 0.6) is 11.8 Å². The lowest BCUT2D eigenvalue weighted by atomic mass is 9.98. The number of aromatic nitrogens is 4. The fourth-order valence-corrected chi connectivity index (χ4v) is 7.50. The van der Waals surface area contributed by atoms with Gasteiger partial charge in [-0.3, -0.25) is 4.90 Å². The lowest BCUT2D eigenvalue weighted by molar-refractivity contribution is -0.137. The van der Waals surface area contributed by atoms with E-state index in [1.807, 2.05) is 6.92 Å². The van der Waals surface area contributed by atoms with Crippen molar-refractivity contribution in [2.24, 2.45) is 5.41 Å². The van der Waals surface area contributed by atoms with Crippen LogP contribution in [0, 0.1) is 18.2 Å². The highest BCUT2D eigenvalue weighted by Gasteiger charge is 2.73. The molecule has 1 saturated carbocycles. The molecule has 1 spiro atoms. The molecular weight excluding hydrogens is 678 g/mol. The van der Waals surface area contributed by atoms with E-state index in [-0.39, 0.29) is 79.3 Å². The van der Waals surface area contributed by atoms with Crippen molar-refractivity contribution < 1.29 is 35.8 Å². The molecule has 5 heterocycles. The summed E-state index contributed by atoms with van der Waals surface area (Å²) in [5.41, 5.74) is 8.01. The van der Waals surface area contributed by atoms with Crippen LogP contribution in [0.1, 0.15) is 42.5 Å². The molecule has 4 aromatic rings. The van der Waals surface area contributed by atoms with Gasteiger partial charge in [0, 0.05) is 30.8 Å². The smallest absolute Gasteiger partial charge is 0.418 e. The van der Waals surface area contributed by atoms with Crippen molar-refractivity contribution in [1.82, 2.24) is 24.8 Å². The summed E-state index contributed by atoms with van der Waals surface area (Å²) in [7, 11) is 1.71. The van der Waals surface area contributed by atoms with Gasteiger partial charge in [-0.15, -0.1) is 0 Å². The zero-order chi connectivity index (χ0) is 35.2. The second-order valence-corrected chi connectivity index (χ2v) is 13.3. The van der Waals surface area contributed by atoms with Crippen LogP contribution < -0.4 is 25.8 Å². The van der Waals surface area contributed by atoms with Crippen LogP contribution in [0.2, 0.25) is 5.02 Å². The van der Waals surface area contributed by atoms with E-state index in [0.29, 0.717) is 5.56 Å².